The van der Waals surface area contributed by atoms with Crippen LogP contribution in [0.25, 0.3) is 11.0 Å². The van der Waals surface area contributed by atoms with Gasteiger partial charge in [0.2, 0.25) is 5.95 Å². The molecule has 1 aromatic carbocycles. The monoisotopic (exact) mass is 395 g/mol. The fourth-order valence-electron chi connectivity index (χ4n) is 3.77. The van der Waals surface area contributed by atoms with Crippen molar-refractivity contribution in [3.05, 3.63) is 53.9 Å². The highest BCUT2D eigenvalue weighted by atomic mass is 16.5. The molecule has 3 heterocycles. The molecule has 0 bridgehead atoms. The van der Waals surface area contributed by atoms with Crippen molar-refractivity contribution in [2.24, 2.45) is 0 Å². The summed E-state index contributed by atoms with van der Waals surface area (Å²) in [5, 5.41) is 7.08. The minimum absolute atomic E-state index is 0.386. The molecule has 3 aromatic rings. The second-order valence-electron chi connectivity index (χ2n) is 7.38. The number of hydrogen-bond donors (Lipinski definition) is 2. The van der Waals surface area contributed by atoms with Crippen LogP contribution in [0.4, 0.5) is 5.95 Å². The number of fused-ring (bicyclic) bond motifs is 1. The molecular weight excluding hydrogens is 366 g/mol. The van der Waals surface area contributed by atoms with Crippen LogP contribution in [0.2, 0.25) is 0 Å². The zero-order valence-corrected chi connectivity index (χ0v) is 17.1. The lowest BCUT2D eigenvalue weighted by molar-refractivity contribution is 0.00180. The molecule has 0 amide bonds. The second-order valence-corrected chi connectivity index (χ2v) is 7.38. The summed E-state index contributed by atoms with van der Waals surface area (Å²) in [5.74, 6) is 0.823. The molecule has 1 atom stereocenters. The predicted molar refractivity (Wildman–Crippen MR) is 114 cm³/mol. The molecule has 1 unspecified atom stereocenters. The number of aryl methyl sites for hydroxylation is 1. The average molecular weight is 396 g/mol. The first-order valence-electron chi connectivity index (χ1n) is 10.2. The number of anilines is 1. The van der Waals surface area contributed by atoms with Crippen molar-refractivity contribution in [3.8, 4) is 0 Å². The van der Waals surface area contributed by atoms with Gasteiger partial charge >= 0.3 is 0 Å². The van der Waals surface area contributed by atoms with Gasteiger partial charge < -0.3 is 20.1 Å². The number of benzene rings is 1. The van der Waals surface area contributed by atoms with E-state index in [2.05, 4.69) is 21.3 Å². The molecule has 1 fully saturated rings. The lowest BCUT2D eigenvalue weighted by Crippen LogP contribution is -2.36. The van der Waals surface area contributed by atoms with Gasteiger partial charge in [0.1, 0.15) is 0 Å². The molecule has 7 heteroatoms. The third-order valence-electron chi connectivity index (χ3n) is 5.23. The van der Waals surface area contributed by atoms with E-state index in [0.717, 1.165) is 54.3 Å². The van der Waals surface area contributed by atoms with E-state index in [1.807, 2.05) is 43.3 Å². The molecular formula is C22H29N5O2. The van der Waals surface area contributed by atoms with Gasteiger partial charge in [0.25, 0.3) is 0 Å². The number of hydrogen-bond acceptors (Lipinski definition) is 6. The van der Waals surface area contributed by atoms with E-state index in [9.17, 15) is 0 Å². The Morgan fingerprint density at radius 1 is 1.10 bits per heavy atom. The largest absolute Gasteiger partial charge is 0.382 e. The molecule has 1 saturated heterocycles. The fraction of sp³-hybridized carbons (Fsp3) is 0.455. The fourth-order valence-corrected chi connectivity index (χ4v) is 3.77. The van der Waals surface area contributed by atoms with Crippen LogP contribution >= 0.6 is 0 Å². The molecule has 4 rings (SSSR count). The number of ether oxygens (including phenoxy) is 2. The summed E-state index contributed by atoms with van der Waals surface area (Å²) in [7, 11) is 1.68. The van der Waals surface area contributed by atoms with Gasteiger partial charge in [-0.3, -0.25) is 9.55 Å². The molecule has 1 aliphatic heterocycles. The number of nitrogens with zero attached hydrogens (tertiary/aromatic N) is 3. The maximum Gasteiger partial charge on any atom is 0.206 e. The summed E-state index contributed by atoms with van der Waals surface area (Å²) >= 11 is 0. The van der Waals surface area contributed by atoms with E-state index >= 15 is 0 Å². The number of nitrogens with one attached hydrogen (secondary N) is 2. The predicted octanol–water partition coefficient (Wildman–Crippen LogP) is 3.11. The highest BCUT2D eigenvalue weighted by Crippen LogP contribution is 2.30. The van der Waals surface area contributed by atoms with Crippen LogP contribution in [0.3, 0.4) is 0 Å². The van der Waals surface area contributed by atoms with E-state index in [-0.39, 0.29) is 6.23 Å². The van der Waals surface area contributed by atoms with Crippen LogP contribution in [-0.4, -0.2) is 54.0 Å². The third-order valence-corrected chi connectivity index (χ3v) is 5.23. The number of para-hydroxylation sites is 2. The van der Waals surface area contributed by atoms with Crippen molar-refractivity contribution < 1.29 is 9.47 Å². The molecule has 154 valence electrons. The van der Waals surface area contributed by atoms with Crippen molar-refractivity contribution in [1.82, 2.24) is 19.9 Å². The summed E-state index contributed by atoms with van der Waals surface area (Å²) in [5.41, 5.74) is 3.78. The summed E-state index contributed by atoms with van der Waals surface area (Å²) in [6, 6.07) is 14.6. The smallest absolute Gasteiger partial charge is 0.206 e. The van der Waals surface area contributed by atoms with Crippen molar-refractivity contribution in [1.29, 1.82) is 0 Å². The molecule has 0 saturated carbocycles. The summed E-state index contributed by atoms with van der Waals surface area (Å²) in [6.07, 6.45) is 1.75. The van der Waals surface area contributed by atoms with Gasteiger partial charge in [0, 0.05) is 18.8 Å². The van der Waals surface area contributed by atoms with Crippen molar-refractivity contribution in [2.75, 3.05) is 38.7 Å². The zero-order valence-electron chi connectivity index (χ0n) is 17.1. The van der Waals surface area contributed by atoms with Gasteiger partial charge in [0.15, 0.2) is 6.23 Å². The lowest BCUT2D eigenvalue weighted by Gasteiger charge is -2.27. The van der Waals surface area contributed by atoms with Crippen molar-refractivity contribution >= 4 is 17.0 Å². The molecule has 7 nitrogen and oxygen atoms in total. The Morgan fingerprint density at radius 3 is 2.72 bits per heavy atom. The quantitative estimate of drug-likeness (QED) is 0.571. The van der Waals surface area contributed by atoms with Gasteiger partial charge in [-0.15, -0.1) is 0 Å². The molecule has 2 N–H and O–H groups in total. The van der Waals surface area contributed by atoms with E-state index < -0.39 is 0 Å². The standard InChI is InChI=1S/C22H29N5O2/c1-16-6-5-8-19(24-16)21(29-15-14-28-2)27-20-9-4-3-7-18(20)26-22(27)25-17-10-12-23-13-11-17/h3-9,17,21,23H,10-15H2,1-2H3,(H,25,26). The Kier molecular flexibility index (Phi) is 6.39. The van der Waals surface area contributed by atoms with Crippen LogP contribution in [0.15, 0.2) is 42.5 Å². The Hall–Kier alpha value is -2.48. The number of pyridine rings is 1. The molecule has 2 aromatic heterocycles. The maximum absolute atomic E-state index is 6.29. The Morgan fingerprint density at radius 2 is 1.93 bits per heavy atom. The minimum Gasteiger partial charge on any atom is -0.382 e. The Labute approximate surface area is 171 Å². The molecule has 0 aliphatic carbocycles. The van der Waals surface area contributed by atoms with Crippen LogP contribution in [0.5, 0.6) is 0 Å². The van der Waals surface area contributed by atoms with Crippen molar-refractivity contribution in [2.45, 2.75) is 32.0 Å². The SMILES string of the molecule is COCCOC(c1cccc(C)n1)n1c(NC2CCNCC2)nc2ccccc21. The van der Waals surface area contributed by atoms with Gasteiger partial charge in [-0.05, 0) is 57.1 Å². The second kappa shape index (κ2) is 9.35. The van der Waals surface area contributed by atoms with E-state index in [1.165, 1.54) is 0 Å². The highest BCUT2D eigenvalue weighted by molar-refractivity contribution is 5.79. The normalized spacial score (nSPS) is 16.2. The number of imidazole rings is 1. The first-order valence-corrected chi connectivity index (χ1v) is 10.2. The maximum atomic E-state index is 6.29. The van der Waals surface area contributed by atoms with Gasteiger partial charge in [-0.1, -0.05) is 18.2 Å². The van der Waals surface area contributed by atoms with Gasteiger partial charge in [0.05, 0.1) is 29.9 Å². The highest BCUT2D eigenvalue weighted by Gasteiger charge is 2.25. The first-order chi connectivity index (χ1) is 14.3. The molecule has 29 heavy (non-hydrogen) atoms. The van der Waals surface area contributed by atoms with Crippen LogP contribution in [0.1, 0.15) is 30.5 Å². The molecule has 1 aliphatic rings. The number of rotatable bonds is 8. The molecule has 0 radical (unpaired) electrons. The minimum atomic E-state index is -0.387. The van der Waals surface area contributed by atoms with E-state index in [4.69, 9.17) is 19.4 Å². The number of methoxy groups -OCH3 is 1. The zero-order chi connectivity index (χ0) is 20.1. The van der Waals surface area contributed by atoms with Gasteiger partial charge in [-0.25, -0.2) is 4.98 Å². The summed E-state index contributed by atoms with van der Waals surface area (Å²) < 4.78 is 13.6. The Bertz CT molecular complexity index is 936. The van der Waals surface area contributed by atoms with E-state index in [0.29, 0.717) is 19.3 Å². The van der Waals surface area contributed by atoms with Crippen LogP contribution < -0.4 is 10.6 Å². The summed E-state index contributed by atoms with van der Waals surface area (Å²) in [6.45, 7) is 5.02. The number of piperidine rings is 1. The third kappa shape index (κ3) is 4.58. The van der Waals surface area contributed by atoms with Crippen molar-refractivity contribution in [3.63, 3.8) is 0 Å². The van der Waals surface area contributed by atoms with Crippen LogP contribution in [-0.2, 0) is 9.47 Å². The Balaban J connectivity index is 1.76. The van der Waals surface area contributed by atoms with E-state index in [1.54, 1.807) is 7.11 Å². The average Bonchev–Trinajstić information content (AvgIpc) is 3.10. The van der Waals surface area contributed by atoms with Gasteiger partial charge in [-0.2, -0.15) is 0 Å². The van der Waals surface area contributed by atoms with Crippen LogP contribution in [0, 0.1) is 6.92 Å². The lowest BCUT2D eigenvalue weighted by atomic mass is 10.1. The molecule has 0 spiro atoms. The topological polar surface area (TPSA) is 73.2 Å². The summed E-state index contributed by atoms with van der Waals surface area (Å²) in [4.78, 5) is 9.65. The first kappa shape index (κ1) is 19.8. The number of aromatic nitrogens is 3.